The van der Waals surface area contributed by atoms with Crippen molar-refractivity contribution in [3.63, 3.8) is 0 Å². The third-order valence-corrected chi connectivity index (χ3v) is 0.760. The molecule has 0 aromatic rings. The first kappa shape index (κ1) is 17.8. The van der Waals surface area contributed by atoms with Gasteiger partial charge in [0.15, 0.2) is 0 Å². The minimum atomic E-state index is -1.72. The van der Waals surface area contributed by atoms with Gasteiger partial charge in [0.1, 0.15) is 0 Å². The molecular formula is C4H5NNa2O4. The molecular weight excluding hydrogens is 172 g/mol. The number of aliphatic carboxylic acids is 2. The Labute approximate surface area is 108 Å². The normalized spacial score (nSPS) is 7.82. The van der Waals surface area contributed by atoms with Crippen molar-refractivity contribution < 1.29 is 78.9 Å². The Morgan fingerprint density at radius 2 is 1.45 bits per heavy atom. The predicted octanol–water partition coefficient (Wildman–Crippen LogP) is -9.92. The molecule has 0 aromatic carbocycles. The summed E-state index contributed by atoms with van der Waals surface area (Å²) in [6, 6.07) is -1.72. The van der Waals surface area contributed by atoms with Crippen LogP contribution < -0.4 is 74.6 Å². The van der Waals surface area contributed by atoms with Crippen molar-refractivity contribution in [2.45, 2.75) is 6.04 Å². The summed E-state index contributed by atoms with van der Waals surface area (Å²) in [5.74, 6) is -3.39. The van der Waals surface area contributed by atoms with Gasteiger partial charge in [0.05, 0.1) is 18.0 Å². The van der Waals surface area contributed by atoms with Crippen LogP contribution >= 0.6 is 0 Å². The van der Waals surface area contributed by atoms with Gasteiger partial charge in [-0.05, 0) is 7.05 Å². The molecule has 0 aliphatic carbocycles. The largest absolute Gasteiger partial charge is 1.00 e. The van der Waals surface area contributed by atoms with E-state index in [-0.39, 0.29) is 59.1 Å². The van der Waals surface area contributed by atoms with Crippen LogP contribution in [0.2, 0.25) is 0 Å². The summed E-state index contributed by atoms with van der Waals surface area (Å²) < 4.78 is 0. The second-order valence-electron chi connectivity index (χ2n) is 1.36. The molecule has 0 saturated carbocycles. The Morgan fingerprint density at radius 1 is 1.18 bits per heavy atom. The van der Waals surface area contributed by atoms with Gasteiger partial charge in [-0.15, -0.1) is 0 Å². The smallest absolute Gasteiger partial charge is 0.548 e. The molecule has 0 aromatic heterocycles. The van der Waals surface area contributed by atoms with Crippen molar-refractivity contribution in [1.82, 2.24) is 5.32 Å². The summed E-state index contributed by atoms with van der Waals surface area (Å²) in [4.78, 5) is 19.6. The summed E-state index contributed by atoms with van der Waals surface area (Å²) in [5.41, 5.74) is 0. The van der Waals surface area contributed by atoms with Gasteiger partial charge in [0.25, 0.3) is 0 Å². The molecule has 0 heterocycles. The SMILES string of the molecule is CNC(C(=O)[O-])C(=O)[O-].[Na+].[Na+]. The monoisotopic (exact) mass is 177 g/mol. The Bertz CT molecular complexity index is 126. The molecule has 0 aliphatic rings. The van der Waals surface area contributed by atoms with Gasteiger partial charge < -0.3 is 25.1 Å². The zero-order chi connectivity index (χ0) is 7.44. The van der Waals surface area contributed by atoms with E-state index in [2.05, 4.69) is 0 Å². The maximum absolute atomic E-state index is 9.78. The third-order valence-electron chi connectivity index (χ3n) is 0.760. The van der Waals surface area contributed by atoms with Crippen LogP contribution in [-0.2, 0) is 9.59 Å². The molecule has 0 spiro atoms. The quantitative estimate of drug-likeness (QED) is 0.341. The standard InChI is InChI=1S/C4H7NO4.2Na/c1-5-2(3(6)7)4(8)9;;/h2,5H,1H3,(H,6,7)(H,8,9);;/q;2*+1/p-2. The number of carboxylic acids is 2. The molecule has 0 fully saturated rings. The fourth-order valence-electron chi connectivity index (χ4n) is 0.332. The first-order valence-corrected chi connectivity index (χ1v) is 2.18. The van der Waals surface area contributed by atoms with E-state index in [9.17, 15) is 19.8 Å². The van der Waals surface area contributed by atoms with Gasteiger partial charge in [-0.3, -0.25) is 0 Å². The second kappa shape index (κ2) is 8.99. The fraction of sp³-hybridized carbons (Fsp3) is 0.500. The van der Waals surface area contributed by atoms with E-state index in [0.29, 0.717) is 0 Å². The van der Waals surface area contributed by atoms with Crippen molar-refractivity contribution in [3.05, 3.63) is 0 Å². The summed E-state index contributed by atoms with van der Waals surface area (Å²) in [6.07, 6.45) is 0. The van der Waals surface area contributed by atoms with Crippen molar-refractivity contribution in [3.8, 4) is 0 Å². The number of carboxylic acid groups (broad SMARTS) is 2. The van der Waals surface area contributed by atoms with Gasteiger partial charge in [-0.1, -0.05) is 0 Å². The summed E-state index contributed by atoms with van der Waals surface area (Å²) in [5, 5.41) is 21.5. The zero-order valence-electron chi connectivity index (χ0n) is 6.71. The molecule has 5 nitrogen and oxygen atoms in total. The minimum absolute atomic E-state index is 0. The topological polar surface area (TPSA) is 92.3 Å². The molecule has 0 rings (SSSR count). The molecule has 0 amide bonds. The van der Waals surface area contributed by atoms with Crippen LogP contribution in [0.3, 0.4) is 0 Å². The maximum Gasteiger partial charge on any atom is 1.00 e. The van der Waals surface area contributed by atoms with E-state index in [1.54, 1.807) is 0 Å². The van der Waals surface area contributed by atoms with Gasteiger partial charge >= 0.3 is 59.1 Å². The Morgan fingerprint density at radius 3 is 1.45 bits per heavy atom. The second-order valence-corrected chi connectivity index (χ2v) is 1.36. The Kier molecular flexibility index (Phi) is 14.6. The Balaban J connectivity index is -0.000000320. The summed E-state index contributed by atoms with van der Waals surface area (Å²) in [7, 11) is 1.19. The number of carbonyl (C=O) groups excluding carboxylic acids is 2. The van der Waals surface area contributed by atoms with E-state index in [4.69, 9.17) is 0 Å². The molecule has 0 radical (unpaired) electrons. The molecule has 0 atom stereocenters. The third kappa shape index (κ3) is 7.27. The van der Waals surface area contributed by atoms with Crippen LogP contribution in [0.15, 0.2) is 0 Å². The minimum Gasteiger partial charge on any atom is -0.548 e. The number of carbonyl (C=O) groups is 2. The predicted molar refractivity (Wildman–Crippen MR) is 22.9 cm³/mol. The molecule has 7 heteroatoms. The molecule has 11 heavy (non-hydrogen) atoms. The fourth-order valence-corrected chi connectivity index (χ4v) is 0.332. The number of nitrogens with one attached hydrogen (secondary N) is 1. The summed E-state index contributed by atoms with van der Waals surface area (Å²) in [6.45, 7) is 0. The van der Waals surface area contributed by atoms with E-state index in [1.165, 1.54) is 7.05 Å². The average Bonchev–Trinajstić information content (AvgIpc) is 1.64. The molecule has 0 saturated heterocycles. The van der Waals surface area contributed by atoms with Gasteiger partial charge in [0, 0.05) is 0 Å². The molecule has 0 aliphatic heterocycles. The number of likely N-dealkylation sites (N-methyl/N-ethyl adjacent to an activating group) is 1. The molecule has 0 unspecified atom stereocenters. The molecule has 0 bridgehead atoms. The number of hydrogen-bond acceptors (Lipinski definition) is 5. The van der Waals surface area contributed by atoms with Gasteiger partial charge in [-0.25, -0.2) is 0 Å². The first-order chi connectivity index (χ1) is 4.09. The summed E-state index contributed by atoms with van der Waals surface area (Å²) >= 11 is 0. The maximum atomic E-state index is 9.78. The van der Waals surface area contributed by atoms with Crippen LogP contribution in [0, 0.1) is 0 Å². The van der Waals surface area contributed by atoms with E-state index in [1.807, 2.05) is 5.32 Å². The van der Waals surface area contributed by atoms with Gasteiger partial charge in [0.2, 0.25) is 0 Å². The van der Waals surface area contributed by atoms with E-state index < -0.39 is 18.0 Å². The van der Waals surface area contributed by atoms with Crippen molar-refractivity contribution in [2.24, 2.45) is 0 Å². The number of hydrogen-bond donors (Lipinski definition) is 1. The van der Waals surface area contributed by atoms with Crippen LogP contribution in [0.25, 0.3) is 0 Å². The van der Waals surface area contributed by atoms with Gasteiger partial charge in [-0.2, -0.15) is 0 Å². The average molecular weight is 177 g/mol. The van der Waals surface area contributed by atoms with Crippen molar-refractivity contribution >= 4 is 11.9 Å². The van der Waals surface area contributed by atoms with E-state index in [0.717, 1.165) is 0 Å². The Hall–Kier alpha value is 0.900. The van der Waals surface area contributed by atoms with Crippen molar-refractivity contribution in [2.75, 3.05) is 7.05 Å². The van der Waals surface area contributed by atoms with Crippen LogP contribution in [-0.4, -0.2) is 25.0 Å². The first-order valence-electron chi connectivity index (χ1n) is 2.18. The van der Waals surface area contributed by atoms with Crippen molar-refractivity contribution in [1.29, 1.82) is 0 Å². The van der Waals surface area contributed by atoms with E-state index >= 15 is 0 Å². The van der Waals surface area contributed by atoms with Crippen LogP contribution in [0.1, 0.15) is 0 Å². The molecule has 52 valence electrons. The van der Waals surface area contributed by atoms with Crippen LogP contribution in [0.5, 0.6) is 0 Å². The molecule has 1 N–H and O–H groups in total. The van der Waals surface area contributed by atoms with Crippen LogP contribution in [0.4, 0.5) is 0 Å². The zero-order valence-corrected chi connectivity index (χ0v) is 10.7. The number of rotatable bonds is 3.